The molecular formula is C10H12O4. The van der Waals surface area contributed by atoms with Crippen molar-refractivity contribution in [2.24, 2.45) is 10.8 Å². The molecule has 0 aliphatic heterocycles. The molecule has 1 fully saturated rings. The predicted octanol–water partition coefficient (Wildman–Crippen LogP) is 1.27. The number of carboxylic acids is 2. The normalized spacial score (nSPS) is 39.6. The number of fused-ring (bicyclic) bond motifs is 2. The zero-order valence-corrected chi connectivity index (χ0v) is 7.91. The molecular weight excluding hydrogens is 184 g/mol. The Morgan fingerprint density at radius 2 is 2.00 bits per heavy atom. The third-order valence-corrected chi connectivity index (χ3v) is 3.48. The van der Waals surface area contributed by atoms with Crippen molar-refractivity contribution in [3.63, 3.8) is 0 Å². The SMILES string of the molecule is CC12C=C(C(=O)O)C(C(=O)O)(CC1)C2. The van der Waals surface area contributed by atoms with Gasteiger partial charge in [-0.1, -0.05) is 13.0 Å². The highest BCUT2D eigenvalue weighted by molar-refractivity contribution is 5.98. The molecule has 2 N–H and O–H groups in total. The van der Waals surface area contributed by atoms with Crippen LogP contribution in [-0.4, -0.2) is 22.2 Å². The number of carbonyl (C=O) groups is 2. The molecule has 2 aliphatic carbocycles. The van der Waals surface area contributed by atoms with E-state index in [9.17, 15) is 9.59 Å². The van der Waals surface area contributed by atoms with Gasteiger partial charge in [-0.3, -0.25) is 4.79 Å². The first-order valence-corrected chi connectivity index (χ1v) is 4.60. The van der Waals surface area contributed by atoms with E-state index in [0.717, 1.165) is 6.42 Å². The fraction of sp³-hybridized carbons (Fsp3) is 0.600. The second-order valence-electron chi connectivity index (χ2n) is 4.58. The highest BCUT2D eigenvalue weighted by Gasteiger charge is 2.59. The van der Waals surface area contributed by atoms with Gasteiger partial charge in [-0.25, -0.2) is 4.79 Å². The highest BCUT2D eigenvalue weighted by Crippen LogP contribution is 2.60. The molecule has 4 nitrogen and oxygen atoms in total. The van der Waals surface area contributed by atoms with Crippen molar-refractivity contribution in [1.82, 2.24) is 0 Å². The van der Waals surface area contributed by atoms with E-state index in [0.29, 0.717) is 12.8 Å². The summed E-state index contributed by atoms with van der Waals surface area (Å²) in [5.41, 5.74) is -1.24. The minimum Gasteiger partial charge on any atom is -0.481 e. The molecule has 14 heavy (non-hydrogen) atoms. The number of allylic oxidation sites excluding steroid dienone is 1. The molecule has 1 saturated carbocycles. The fourth-order valence-electron chi connectivity index (χ4n) is 2.77. The van der Waals surface area contributed by atoms with Gasteiger partial charge in [0.1, 0.15) is 5.41 Å². The van der Waals surface area contributed by atoms with Crippen molar-refractivity contribution in [1.29, 1.82) is 0 Å². The molecule has 0 aromatic rings. The maximum atomic E-state index is 11.1. The van der Waals surface area contributed by atoms with Gasteiger partial charge < -0.3 is 10.2 Å². The molecule has 0 radical (unpaired) electrons. The number of rotatable bonds is 2. The first kappa shape index (κ1) is 9.24. The van der Waals surface area contributed by atoms with Gasteiger partial charge in [-0.05, 0) is 24.7 Å². The summed E-state index contributed by atoms with van der Waals surface area (Å²) in [7, 11) is 0. The van der Waals surface area contributed by atoms with Crippen molar-refractivity contribution >= 4 is 11.9 Å². The van der Waals surface area contributed by atoms with Crippen LogP contribution in [0.25, 0.3) is 0 Å². The third kappa shape index (κ3) is 0.937. The topological polar surface area (TPSA) is 74.6 Å². The van der Waals surface area contributed by atoms with Gasteiger partial charge in [0.25, 0.3) is 0 Å². The average Bonchev–Trinajstić information content (AvgIpc) is 2.55. The van der Waals surface area contributed by atoms with E-state index in [1.165, 1.54) is 0 Å². The van der Waals surface area contributed by atoms with Crippen LogP contribution in [0.15, 0.2) is 11.6 Å². The Kier molecular flexibility index (Phi) is 1.57. The zero-order chi connectivity index (χ0) is 10.6. The van der Waals surface area contributed by atoms with Gasteiger partial charge in [0.15, 0.2) is 0 Å². The van der Waals surface area contributed by atoms with Gasteiger partial charge in [0.05, 0.1) is 5.57 Å². The fourth-order valence-corrected chi connectivity index (χ4v) is 2.77. The van der Waals surface area contributed by atoms with E-state index in [-0.39, 0.29) is 11.0 Å². The van der Waals surface area contributed by atoms with E-state index in [2.05, 4.69) is 0 Å². The largest absolute Gasteiger partial charge is 0.481 e. The second kappa shape index (κ2) is 2.38. The molecule has 4 heteroatoms. The van der Waals surface area contributed by atoms with Crippen LogP contribution in [0.2, 0.25) is 0 Å². The lowest BCUT2D eigenvalue weighted by Crippen LogP contribution is -2.32. The van der Waals surface area contributed by atoms with Crippen LogP contribution < -0.4 is 0 Å². The molecule has 0 heterocycles. The molecule has 2 atom stereocenters. The molecule has 2 bridgehead atoms. The molecule has 2 rings (SSSR count). The molecule has 0 saturated heterocycles. The number of carboxylic acid groups (broad SMARTS) is 2. The summed E-state index contributed by atoms with van der Waals surface area (Å²) >= 11 is 0. The summed E-state index contributed by atoms with van der Waals surface area (Å²) in [5, 5.41) is 18.1. The summed E-state index contributed by atoms with van der Waals surface area (Å²) in [6.07, 6.45) is 3.30. The summed E-state index contributed by atoms with van der Waals surface area (Å²) < 4.78 is 0. The highest BCUT2D eigenvalue weighted by atomic mass is 16.4. The molecule has 0 spiro atoms. The Morgan fingerprint density at radius 3 is 2.36 bits per heavy atom. The first-order valence-electron chi connectivity index (χ1n) is 4.60. The van der Waals surface area contributed by atoms with Gasteiger partial charge in [-0.15, -0.1) is 0 Å². The number of hydrogen-bond acceptors (Lipinski definition) is 2. The van der Waals surface area contributed by atoms with Crippen molar-refractivity contribution in [3.8, 4) is 0 Å². The summed E-state index contributed by atoms with van der Waals surface area (Å²) in [6.45, 7) is 1.92. The smallest absolute Gasteiger partial charge is 0.332 e. The van der Waals surface area contributed by atoms with Crippen molar-refractivity contribution < 1.29 is 19.8 Å². The Labute approximate surface area is 81.2 Å². The van der Waals surface area contributed by atoms with Gasteiger partial charge >= 0.3 is 11.9 Å². The molecule has 0 aromatic heterocycles. The van der Waals surface area contributed by atoms with Crippen LogP contribution in [-0.2, 0) is 9.59 Å². The van der Waals surface area contributed by atoms with E-state index < -0.39 is 17.4 Å². The van der Waals surface area contributed by atoms with Crippen LogP contribution in [0, 0.1) is 10.8 Å². The van der Waals surface area contributed by atoms with E-state index in [1.807, 2.05) is 6.92 Å². The Bertz CT molecular complexity index is 357. The third-order valence-electron chi connectivity index (χ3n) is 3.48. The molecule has 0 aromatic carbocycles. The number of hydrogen-bond donors (Lipinski definition) is 2. The Hall–Kier alpha value is -1.32. The predicted molar refractivity (Wildman–Crippen MR) is 47.7 cm³/mol. The average molecular weight is 196 g/mol. The maximum absolute atomic E-state index is 11.1. The van der Waals surface area contributed by atoms with Crippen LogP contribution in [0.4, 0.5) is 0 Å². The monoisotopic (exact) mass is 196 g/mol. The lowest BCUT2D eigenvalue weighted by atomic mass is 9.80. The Balaban J connectivity index is 2.50. The second-order valence-corrected chi connectivity index (χ2v) is 4.58. The van der Waals surface area contributed by atoms with Crippen LogP contribution in [0.5, 0.6) is 0 Å². The molecule has 0 amide bonds. The van der Waals surface area contributed by atoms with E-state index >= 15 is 0 Å². The lowest BCUT2D eigenvalue weighted by molar-refractivity contribution is -0.149. The number of aliphatic carboxylic acids is 2. The maximum Gasteiger partial charge on any atom is 0.332 e. The molecule has 2 unspecified atom stereocenters. The van der Waals surface area contributed by atoms with E-state index in [1.54, 1.807) is 6.08 Å². The zero-order valence-electron chi connectivity index (χ0n) is 7.91. The summed E-state index contributed by atoms with van der Waals surface area (Å²) in [6, 6.07) is 0. The van der Waals surface area contributed by atoms with Gasteiger partial charge in [0, 0.05) is 0 Å². The lowest BCUT2D eigenvalue weighted by Gasteiger charge is -2.22. The Morgan fingerprint density at radius 1 is 1.36 bits per heavy atom. The minimum atomic E-state index is -1.11. The van der Waals surface area contributed by atoms with Gasteiger partial charge in [0.2, 0.25) is 0 Å². The molecule has 76 valence electrons. The van der Waals surface area contributed by atoms with Crippen molar-refractivity contribution in [3.05, 3.63) is 11.6 Å². The van der Waals surface area contributed by atoms with Crippen LogP contribution in [0.1, 0.15) is 26.2 Å². The van der Waals surface area contributed by atoms with Crippen molar-refractivity contribution in [2.45, 2.75) is 26.2 Å². The minimum absolute atomic E-state index is 0.0822. The van der Waals surface area contributed by atoms with Crippen molar-refractivity contribution in [2.75, 3.05) is 0 Å². The van der Waals surface area contributed by atoms with Crippen LogP contribution >= 0.6 is 0 Å². The molecule has 2 aliphatic rings. The van der Waals surface area contributed by atoms with Gasteiger partial charge in [-0.2, -0.15) is 0 Å². The summed E-state index contributed by atoms with van der Waals surface area (Å²) in [4.78, 5) is 22.0. The van der Waals surface area contributed by atoms with Crippen LogP contribution in [0.3, 0.4) is 0 Å². The quantitative estimate of drug-likeness (QED) is 0.697. The summed E-state index contributed by atoms with van der Waals surface area (Å²) in [5.74, 6) is -2.08. The standard InChI is InChI=1S/C10H12O4/c1-9-2-3-10(5-9,8(13)14)6(4-9)7(11)12/h4H,2-3,5H2,1H3,(H,11,12)(H,13,14). The van der Waals surface area contributed by atoms with E-state index in [4.69, 9.17) is 10.2 Å². The first-order chi connectivity index (χ1) is 6.40.